The van der Waals surface area contributed by atoms with Crippen molar-refractivity contribution < 1.29 is 0 Å². The van der Waals surface area contributed by atoms with Crippen LogP contribution in [0.25, 0.3) is 11.0 Å². The summed E-state index contributed by atoms with van der Waals surface area (Å²) in [6.45, 7) is 0. The molecule has 1 aliphatic heterocycles. The third-order valence-corrected chi connectivity index (χ3v) is 6.29. The maximum absolute atomic E-state index is 2.39. The lowest BCUT2D eigenvalue weighted by molar-refractivity contribution is 1.42. The normalized spacial score (nSPS) is 18.4. The molecule has 2 aromatic rings. The summed E-state index contributed by atoms with van der Waals surface area (Å²) in [7, 11) is -0.838. The van der Waals surface area contributed by atoms with Gasteiger partial charge >= 0.3 is 0 Å². The van der Waals surface area contributed by atoms with Crippen molar-refractivity contribution in [1.82, 2.24) is 0 Å². The Morgan fingerprint density at radius 2 is 1.41 bits per heavy atom. The zero-order valence-corrected chi connectivity index (χ0v) is 11.0. The van der Waals surface area contributed by atoms with E-state index >= 15 is 0 Å². The number of hydrogen-bond acceptors (Lipinski definition) is 0. The van der Waals surface area contributed by atoms with Crippen LogP contribution in [0, 0.1) is 0 Å². The van der Waals surface area contributed by atoms with Gasteiger partial charge in [0.1, 0.15) is 0 Å². The zero-order valence-electron chi connectivity index (χ0n) is 10.2. The van der Waals surface area contributed by atoms with E-state index < -0.39 is 10.0 Å². The predicted octanol–water partition coefficient (Wildman–Crippen LogP) is 4.62. The maximum Gasteiger partial charge on any atom is 0.00152 e. The molecule has 0 unspecified atom stereocenters. The summed E-state index contributed by atoms with van der Waals surface area (Å²) in [4.78, 5) is 3.01. The molecule has 0 aromatic heterocycles. The van der Waals surface area contributed by atoms with Crippen LogP contribution in [0.15, 0.2) is 59.5 Å². The van der Waals surface area contributed by atoms with E-state index in [-0.39, 0.29) is 0 Å². The van der Waals surface area contributed by atoms with E-state index in [9.17, 15) is 0 Å². The van der Waals surface area contributed by atoms with E-state index in [1.54, 1.807) is 0 Å². The molecule has 0 spiro atoms. The quantitative estimate of drug-likeness (QED) is 0.682. The number of fused-ring (bicyclic) bond motifs is 1. The Kier molecular flexibility index (Phi) is 2.37. The van der Waals surface area contributed by atoms with Crippen molar-refractivity contribution in [3.8, 4) is 0 Å². The van der Waals surface area contributed by atoms with Crippen molar-refractivity contribution in [2.45, 2.75) is 4.90 Å². The molecule has 1 aliphatic rings. The van der Waals surface area contributed by atoms with Gasteiger partial charge in [0.15, 0.2) is 0 Å². The number of hydrogen-bond donors (Lipinski definition) is 0. The van der Waals surface area contributed by atoms with Crippen molar-refractivity contribution in [3.63, 3.8) is 0 Å². The summed E-state index contributed by atoms with van der Waals surface area (Å²) in [5.74, 6) is 0. The first-order chi connectivity index (χ1) is 8.19. The second kappa shape index (κ2) is 3.78. The molecular weight excluding hydrogens is 224 g/mol. The van der Waals surface area contributed by atoms with Crippen molar-refractivity contribution in [2.75, 3.05) is 12.5 Å². The van der Waals surface area contributed by atoms with E-state index in [4.69, 9.17) is 0 Å². The van der Waals surface area contributed by atoms with Gasteiger partial charge in [0.2, 0.25) is 0 Å². The molecule has 86 valence electrons. The number of rotatable bonds is 1. The highest BCUT2D eigenvalue weighted by molar-refractivity contribution is 8.40. The molecule has 0 bridgehead atoms. The van der Waals surface area contributed by atoms with Crippen LogP contribution in [0.5, 0.6) is 0 Å². The molecule has 0 radical (unpaired) electrons. The topological polar surface area (TPSA) is 0 Å². The lowest BCUT2D eigenvalue weighted by Gasteiger charge is -2.31. The zero-order chi connectivity index (χ0) is 11.9. The van der Waals surface area contributed by atoms with Gasteiger partial charge in [-0.1, -0.05) is 48.5 Å². The van der Waals surface area contributed by atoms with E-state index in [1.807, 2.05) is 0 Å². The molecule has 0 aliphatic carbocycles. The Bertz CT molecular complexity index is 579. The fraction of sp³-hybridized carbons (Fsp3) is 0.125. The molecule has 0 atom stereocenters. The van der Waals surface area contributed by atoms with Gasteiger partial charge in [-0.15, -0.1) is 0 Å². The first kappa shape index (κ1) is 10.7. The van der Waals surface area contributed by atoms with Crippen LogP contribution in [0.1, 0.15) is 11.1 Å². The predicted molar refractivity (Wildman–Crippen MR) is 78.5 cm³/mol. The van der Waals surface area contributed by atoms with Crippen LogP contribution in [-0.4, -0.2) is 12.5 Å². The second-order valence-electron chi connectivity index (χ2n) is 4.74. The van der Waals surface area contributed by atoms with E-state index in [0.29, 0.717) is 0 Å². The Morgan fingerprint density at radius 1 is 0.765 bits per heavy atom. The summed E-state index contributed by atoms with van der Waals surface area (Å²) < 4.78 is 0. The minimum Gasteiger partial charge on any atom is -0.192 e. The first-order valence-electron chi connectivity index (χ1n) is 5.79. The lowest BCUT2D eigenvalue weighted by Crippen LogP contribution is -1.95. The van der Waals surface area contributed by atoms with Gasteiger partial charge < -0.3 is 0 Å². The summed E-state index contributed by atoms with van der Waals surface area (Å²) in [5.41, 5.74) is 2.76. The van der Waals surface area contributed by atoms with Crippen molar-refractivity contribution in [3.05, 3.63) is 65.7 Å². The van der Waals surface area contributed by atoms with Gasteiger partial charge in [-0.2, -0.15) is 10.0 Å². The fourth-order valence-electron chi connectivity index (χ4n) is 2.45. The van der Waals surface area contributed by atoms with Crippen LogP contribution in [-0.2, 0) is 0 Å². The number of benzene rings is 2. The summed E-state index contributed by atoms with van der Waals surface area (Å²) >= 11 is 0. The standard InChI is InChI=1S/C16H16S/c1-17(2)15-11-7-6-10-14(15)12-16(17)13-8-4-3-5-9-13/h3-12H,1-2H3. The van der Waals surface area contributed by atoms with E-state index in [2.05, 4.69) is 73.2 Å². The van der Waals surface area contributed by atoms with E-state index in [1.165, 1.54) is 20.9 Å². The molecular formula is C16H16S. The third-order valence-electron chi connectivity index (χ3n) is 3.36. The van der Waals surface area contributed by atoms with Crippen molar-refractivity contribution in [2.24, 2.45) is 0 Å². The van der Waals surface area contributed by atoms with Crippen LogP contribution in [0.3, 0.4) is 0 Å². The molecule has 0 N–H and O–H groups in total. The lowest BCUT2D eigenvalue weighted by atomic mass is 10.1. The van der Waals surface area contributed by atoms with Crippen LogP contribution < -0.4 is 0 Å². The highest BCUT2D eigenvalue weighted by Crippen LogP contribution is 2.65. The van der Waals surface area contributed by atoms with Gasteiger partial charge in [0.25, 0.3) is 0 Å². The summed E-state index contributed by atoms with van der Waals surface area (Å²) in [5, 5.41) is 0. The minimum absolute atomic E-state index is 0.838. The molecule has 17 heavy (non-hydrogen) atoms. The molecule has 0 fully saturated rings. The van der Waals surface area contributed by atoms with Crippen molar-refractivity contribution >= 4 is 21.0 Å². The molecule has 0 saturated heterocycles. The van der Waals surface area contributed by atoms with Gasteiger partial charge in [-0.05, 0) is 35.8 Å². The monoisotopic (exact) mass is 240 g/mol. The maximum atomic E-state index is 2.39. The summed E-state index contributed by atoms with van der Waals surface area (Å²) in [6, 6.07) is 19.5. The molecule has 3 rings (SSSR count). The van der Waals surface area contributed by atoms with Gasteiger partial charge in [0, 0.05) is 9.80 Å². The largest absolute Gasteiger partial charge is 0.192 e. The molecule has 0 nitrogen and oxygen atoms in total. The Labute approximate surface area is 104 Å². The van der Waals surface area contributed by atoms with Gasteiger partial charge in [0.05, 0.1) is 0 Å². The summed E-state index contributed by atoms with van der Waals surface area (Å²) in [6.07, 6.45) is 7.13. The van der Waals surface area contributed by atoms with E-state index in [0.717, 1.165) is 0 Å². The Morgan fingerprint density at radius 3 is 2.12 bits per heavy atom. The average Bonchev–Trinajstić information content (AvgIpc) is 2.63. The van der Waals surface area contributed by atoms with Gasteiger partial charge in [-0.3, -0.25) is 0 Å². The van der Waals surface area contributed by atoms with Crippen LogP contribution in [0.2, 0.25) is 0 Å². The molecule has 0 amide bonds. The van der Waals surface area contributed by atoms with Crippen molar-refractivity contribution in [1.29, 1.82) is 0 Å². The molecule has 0 saturated carbocycles. The molecule has 2 aromatic carbocycles. The SMILES string of the molecule is CS1(C)C(c2ccccc2)=Cc2ccccc21. The second-order valence-corrected chi connectivity index (χ2v) is 8.27. The molecule has 1 heterocycles. The highest BCUT2D eigenvalue weighted by Gasteiger charge is 2.28. The minimum atomic E-state index is -0.838. The Hall–Kier alpha value is -1.47. The third kappa shape index (κ3) is 1.62. The average molecular weight is 240 g/mol. The Balaban J connectivity index is 2.17. The highest BCUT2D eigenvalue weighted by atomic mass is 32.3. The first-order valence-corrected chi connectivity index (χ1v) is 8.24. The van der Waals surface area contributed by atoms with Crippen LogP contribution >= 0.6 is 10.0 Å². The fourth-order valence-corrected chi connectivity index (χ4v) is 4.97. The van der Waals surface area contributed by atoms with Gasteiger partial charge in [-0.25, -0.2) is 0 Å². The van der Waals surface area contributed by atoms with Crippen LogP contribution in [0.4, 0.5) is 0 Å². The smallest absolute Gasteiger partial charge is 0.00152 e. The molecule has 1 heteroatoms.